The fraction of sp³-hybridized carbons (Fsp3) is 0.353. The molecule has 1 aliphatic heterocycles. The molecule has 0 aliphatic carbocycles. The number of halogens is 1. The highest BCUT2D eigenvalue weighted by molar-refractivity contribution is 9.10. The summed E-state index contributed by atoms with van der Waals surface area (Å²) in [6.07, 6.45) is 9.46. The zero-order chi connectivity index (χ0) is 14.7. The van der Waals surface area contributed by atoms with Crippen LogP contribution >= 0.6 is 15.9 Å². The number of piperidine rings is 1. The van der Waals surface area contributed by atoms with Gasteiger partial charge in [-0.3, -0.25) is 9.88 Å². The summed E-state index contributed by atoms with van der Waals surface area (Å²) in [4.78, 5) is 6.87. The van der Waals surface area contributed by atoms with Crippen LogP contribution in [0.4, 0.5) is 5.69 Å². The van der Waals surface area contributed by atoms with E-state index in [-0.39, 0.29) is 0 Å². The first-order chi connectivity index (χ1) is 10.3. The highest BCUT2D eigenvalue weighted by Gasteiger charge is 2.18. The van der Waals surface area contributed by atoms with Crippen LogP contribution in [0, 0.1) is 12.3 Å². The summed E-state index contributed by atoms with van der Waals surface area (Å²) in [6, 6.07) is 8.87. The molecular formula is C17H18BrN3. The second-order valence-electron chi connectivity index (χ2n) is 5.43. The van der Waals surface area contributed by atoms with E-state index in [0.29, 0.717) is 6.04 Å². The first kappa shape index (κ1) is 14.4. The zero-order valence-corrected chi connectivity index (χ0v) is 13.4. The predicted octanol–water partition coefficient (Wildman–Crippen LogP) is 3.51. The molecule has 3 nitrogen and oxygen atoms in total. The first-order valence-corrected chi connectivity index (χ1v) is 8.02. The number of nitrogens with one attached hydrogen (secondary N) is 1. The van der Waals surface area contributed by atoms with E-state index >= 15 is 0 Å². The van der Waals surface area contributed by atoms with Crippen LogP contribution in [0.15, 0.2) is 34.9 Å². The van der Waals surface area contributed by atoms with Crippen molar-refractivity contribution in [2.75, 3.05) is 25.0 Å². The molecule has 1 aromatic heterocycles. The van der Waals surface area contributed by atoms with E-state index < -0.39 is 0 Å². The maximum absolute atomic E-state index is 5.37. The molecule has 4 heteroatoms. The van der Waals surface area contributed by atoms with Crippen molar-refractivity contribution in [1.29, 1.82) is 0 Å². The van der Waals surface area contributed by atoms with Crippen LogP contribution in [-0.4, -0.2) is 35.6 Å². The minimum absolute atomic E-state index is 0.495. The Kier molecular flexibility index (Phi) is 4.42. The molecule has 0 unspecified atom stereocenters. The third-order valence-electron chi connectivity index (χ3n) is 3.94. The fourth-order valence-corrected chi connectivity index (χ4v) is 3.18. The molecule has 2 heterocycles. The van der Waals surface area contributed by atoms with Gasteiger partial charge in [-0.05, 0) is 40.9 Å². The Bertz CT molecular complexity index is 669. The fourth-order valence-electron chi connectivity index (χ4n) is 2.83. The van der Waals surface area contributed by atoms with Crippen LogP contribution in [0.1, 0.15) is 12.8 Å². The number of benzene rings is 1. The Morgan fingerprint density at radius 3 is 2.95 bits per heavy atom. The molecule has 0 spiro atoms. The van der Waals surface area contributed by atoms with Crippen LogP contribution in [-0.2, 0) is 0 Å². The minimum Gasteiger partial charge on any atom is -0.380 e. The lowest BCUT2D eigenvalue weighted by Gasteiger charge is -2.31. The van der Waals surface area contributed by atoms with Gasteiger partial charge in [0.05, 0.1) is 17.7 Å². The Balaban J connectivity index is 1.73. The van der Waals surface area contributed by atoms with E-state index in [4.69, 9.17) is 6.42 Å². The van der Waals surface area contributed by atoms with Crippen molar-refractivity contribution in [1.82, 2.24) is 9.88 Å². The molecule has 1 saturated heterocycles. The van der Waals surface area contributed by atoms with Gasteiger partial charge in [0.15, 0.2) is 0 Å². The van der Waals surface area contributed by atoms with Crippen LogP contribution < -0.4 is 5.32 Å². The van der Waals surface area contributed by atoms with Gasteiger partial charge in [0, 0.05) is 35.2 Å². The Morgan fingerprint density at radius 1 is 1.38 bits per heavy atom. The summed E-state index contributed by atoms with van der Waals surface area (Å²) in [5.41, 5.74) is 2.15. The minimum atomic E-state index is 0.495. The zero-order valence-electron chi connectivity index (χ0n) is 11.8. The summed E-state index contributed by atoms with van der Waals surface area (Å²) in [7, 11) is 0. The summed E-state index contributed by atoms with van der Waals surface area (Å²) < 4.78 is 1.01. The van der Waals surface area contributed by atoms with Crippen molar-refractivity contribution in [3.05, 3.63) is 34.9 Å². The maximum Gasteiger partial charge on any atom is 0.0934 e. The SMILES string of the molecule is C#CCN1CCC(Nc2cccc3cc(Br)cnc23)CC1. The van der Waals surface area contributed by atoms with Gasteiger partial charge >= 0.3 is 0 Å². The van der Waals surface area contributed by atoms with Crippen molar-refractivity contribution < 1.29 is 0 Å². The van der Waals surface area contributed by atoms with Gasteiger partial charge < -0.3 is 5.32 Å². The lowest BCUT2D eigenvalue weighted by Crippen LogP contribution is -2.39. The maximum atomic E-state index is 5.37. The highest BCUT2D eigenvalue weighted by atomic mass is 79.9. The summed E-state index contributed by atoms with van der Waals surface area (Å²) in [6.45, 7) is 2.88. The smallest absolute Gasteiger partial charge is 0.0934 e. The Hall–Kier alpha value is -1.57. The van der Waals surface area contributed by atoms with E-state index in [0.717, 1.165) is 53.5 Å². The average Bonchev–Trinajstić information content (AvgIpc) is 2.49. The molecule has 0 amide bonds. The molecule has 108 valence electrons. The standard InChI is InChI=1S/C17H18BrN3/c1-2-8-21-9-6-15(7-10-21)20-16-5-3-4-13-11-14(18)12-19-17(13)16/h1,3-5,11-12,15,20H,6-10H2. The second kappa shape index (κ2) is 6.46. The van der Waals surface area contributed by atoms with Gasteiger partial charge in [-0.25, -0.2) is 0 Å². The van der Waals surface area contributed by atoms with Gasteiger partial charge in [-0.2, -0.15) is 0 Å². The number of aromatic nitrogens is 1. The van der Waals surface area contributed by atoms with Crippen LogP contribution in [0.5, 0.6) is 0 Å². The molecule has 3 rings (SSSR count). The molecule has 1 fully saturated rings. The molecule has 0 saturated carbocycles. The summed E-state index contributed by atoms with van der Waals surface area (Å²) in [5, 5.41) is 4.80. The molecule has 1 N–H and O–H groups in total. The number of rotatable bonds is 3. The number of hydrogen-bond acceptors (Lipinski definition) is 3. The second-order valence-corrected chi connectivity index (χ2v) is 6.35. The van der Waals surface area contributed by atoms with Crippen LogP contribution in [0.25, 0.3) is 10.9 Å². The third kappa shape index (κ3) is 3.37. The normalized spacial score (nSPS) is 16.8. The molecule has 0 bridgehead atoms. The predicted molar refractivity (Wildman–Crippen MR) is 91.4 cm³/mol. The number of pyridine rings is 1. The number of likely N-dealkylation sites (tertiary alicyclic amines) is 1. The monoisotopic (exact) mass is 343 g/mol. The summed E-state index contributed by atoms with van der Waals surface area (Å²) in [5.74, 6) is 2.72. The molecule has 2 aromatic rings. The molecule has 0 radical (unpaired) electrons. The molecule has 0 atom stereocenters. The summed E-state index contributed by atoms with van der Waals surface area (Å²) >= 11 is 3.47. The van der Waals surface area contributed by atoms with E-state index in [9.17, 15) is 0 Å². The Morgan fingerprint density at radius 2 is 2.19 bits per heavy atom. The first-order valence-electron chi connectivity index (χ1n) is 7.23. The van der Waals surface area contributed by atoms with Crippen molar-refractivity contribution in [2.45, 2.75) is 18.9 Å². The van der Waals surface area contributed by atoms with Gasteiger partial charge in [0.25, 0.3) is 0 Å². The van der Waals surface area contributed by atoms with Gasteiger partial charge in [-0.1, -0.05) is 18.1 Å². The van der Waals surface area contributed by atoms with E-state index in [1.807, 2.05) is 6.20 Å². The molecule has 1 aromatic carbocycles. The quantitative estimate of drug-likeness (QED) is 0.864. The van der Waals surface area contributed by atoms with Crippen molar-refractivity contribution in [2.24, 2.45) is 0 Å². The van der Waals surface area contributed by atoms with E-state index in [2.05, 4.69) is 61.3 Å². The van der Waals surface area contributed by atoms with Crippen LogP contribution in [0.3, 0.4) is 0 Å². The Labute approximate surface area is 133 Å². The number of fused-ring (bicyclic) bond motifs is 1. The van der Waals surface area contributed by atoms with E-state index in [1.54, 1.807) is 0 Å². The number of nitrogens with zero attached hydrogens (tertiary/aromatic N) is 2. The largest absolute Gasteiger partial charge is 0.380 e. The van der Waals surface area contributed by atoms with Crippen molar-refractivity contribution >= 4 is 32.5 Å². The van der Waals surface area contributed by atoms with Crippen molar-refractivity contribution in [3.8, 4) is 12.3 Å². The van der Waals surface area contributed by atoms with Crippen molar-refractivity contribution in [3.63, 3.8) is 0 Å². The third-order valence-corrected chi connectivity index (χ3v) is 4.37. The molecular weight excluding hydrogens is 326 g/mol. The van der Waals surface area contributed by atoms with Crippen LogP contribution in [0.2, 0.25) is 0 Å². The van der Waals surface area contributed by atoms with Gasteiger partial charge in [0.2, 0.25) is 0 Å². The topological polar surface area (TPSA) is 28.2 Å². The van der Waals surface area contributed by atoms with Gasteiger partial charge in [0.1, 0.15) is 0 Å². The molecule has 21 heavy (non-hydrogen) atoms. The lowest BCUT2D eigenvalue weighted by atomic mass is 10.0. The lowest BCUT2D eigenvalue weighted by molar-refractivity contribution is 0.243. The average molecular weight is 344 g/mol. The van der Waals surface area contributed by atoms with E-state index in [1.165, 1.54) is 0 Å². The van der Waals surface area contributed by atoms with Gasteiger partial charge in [-0.15, -0.1) is 6.42 Å². The molecule has 1 aliphatic rings. The number of terminal acetylenes is 1. The highest BCUT2D eigenvalue weighted by Crippen LogP contribution is 2.26. The number of anilines is 1. The number of hydrogen-bond donors (Lipinski definition) is 1. The number of para-hydroxylation sites is 1.